The number of carbonyl (C=O) groups excluding carboxylic acids is 1. The lowest BCUT2D eigenvalue weighted by Gasteiger charge is -2.26. The molecule has 0 bridgehead atoms. The Bertz CT molecular complexity index is 432. The predicted octanol–water partition coefficient (Wildman–Crippen LogP) is 2.62. The molecular formula is C13H19NO3S. The molecule has 0 fully saturated rings. The van der Waals surface area contributed by atoms with Gasteiger partial charge >= 0.3 is 0 Å². The highest BCUT2D eigenvalue weighted by molar-refractivity contribution is 7.96. The van der Waals surface area contributed by atoms with Crippen LogP contribution in [0, 0.1) is 0 Å². The highest BCUT2D eigenvalue weighted by Crippen LogP contribution is 2.32. The Labute approximate surface area is 113 Å². The molecule has 0 saturated heterocycles. The Morgan fingerprint density at radius 3 is 2.39 bits per heavy atom. The van der Waals surface area contributed by atoms with Crippen LogP contribution in [0.2, 0.25) is 0 Å². The smallest absolute Gasteiger partial charge is 0.276 e. The Kier molecular flexibility index (Phi) is 4.90. The Morgan fingerprint density at radius 1 is 1.28 bits per heavy atom. The van der Waals surface area contributed by atoms with Gasteiger partial charge in [0.05, 0.1) is 14.2 Å². The highest BCUT2D eigenvalue weighted by Gasteiger charge is 2.22. The quantitative estimate of drug-likeness (QED) is 0.808. The molecular weight excluding hydrogens is 250 g/mol. The van der Waals surface area contributed by atoms with Crippen molar-refractivity contribution in [1.29, 1.82) is 0 Å². The third kappa shape index (κ3) is 3.57. The van der Waals surface area contributed by atoms with Gasteiger partial charge in [0.1, 0.15) is 0 Å². The van der Waals surface area contributed by atoms with Crippen molar-refractivity contribution in [3.05, 3.63) is 23.8 Å². The van der Waals surface area contributed by atoms with Crippen LogP contribution in [0.5, 0.6) is 11.5 Å². The van der Waals surface area contributed by atoms with Gasteiger partial charge in [-0.15, -0.1) is 0 Å². The van der Waals surface area contributed by atoms with Crippen LogP contribution in [0.25, 0.3) is 0 Å². The maximum absolute atomic E-state index is 10.9. The van der Waals surface area contributed by atoms with Gasteiger partial charge in [-0.2, -0.15) is 0 Å². The minimum atomic E-state index is -0.330. The third-order valence-electron chi connectivity index (χ3n) is 2.85. The average molecular weight is 269 g/mol. The third-order valence-corrected chi connectivity index (χ3v) is 3.00. The molecule has 1 rings (SSSR count). The van der Waals surface area contributed by atoms with Gasteiger partial charge in [0.2, 0.25) is 0 Å². The van der Waals surface area contributed by atoms with E-state index in [1.165, 1.54) is 0 Å². The standard InChI is InChI=1S/C13H19NO3S/c1-13(2,8-14-12(15)18)9-5-6-10(16-3)11(7-9)17-4/h5-7H,8H2,1-4H3,(H2,14,15,18). The summed E-state index contributed by atoms with van der Waals surface area (Å²) < 4.78 is 10.5. The molecule has 100 valence electrons. The molecule has 0 aromatic heterocycles. The lowest BCUT2D eigenvalue weighted by molar-refractivity contribution is 0.258. The van der Waals surface area contributed by atoms with Crippen LogP contribution in [0.1, 0.15) is 19.4 Å². The molecule has 18 heavy (non-hydrogen) atoms. The predicted molar refractivity (Wildman–Crippen MR) is 75.0 cm³/mol. The fraction of sp³-hybridized carbons (Fsp3) is 0.462. The summed E-state index contributed by atoms with van der Waals surface area (Å²) in [6, 6.07) is 5.74. The molecule has 0 radical (unpaired) electrons. The second kappa shape index (κ2) is 6.00. The van der Waals surface area contributed by atoms with Crippen molar-refractivity contribution in [3.63, 3.8) is 0 Å². The number of hydrogen-bond donors (Lipinski definition) is 2. The van der Waals surface area contributed by atoms with Gasteiger partial charge in [-0.3, -0.25) is 4.79 Å². The minimum Gasteiger partial charge on any atom is -0.493 e. The van der Waals surface area contributed by atoms with Crippen molar-refractivity contribution in [1.82, 2.24) is 5.32 Å². The first-order chi connectivity index (χ1) is 8.40. The van der Waals surface area contributed by atoms with Crippen molar-refractivity contribution in [2.75, 3.05) is 20.8 Å². The summed E-state index contributed by atoms with van der Waals surface area (Å²) in [5.41, 5.74) is 0.847. The summed E-state index contributed by atoms with van der Waals surface area (Å²) in [5, 5.41) is 2.37. The van der Waals surface area contributed by atoms with Crippen LogP contribution in [-0.2, 0) is 5.41 Å². The second-order valence-corrected chi connectivity index (χ2v) is 5.02. The van der Waals surface area contributed by atoms with Crippen LogP contribution < -0.4 is 14.8 Å². The molecule has 0 spiro atoms. The van der Waals surface area contributed by atoms with E-state index in [9.17, 15) is 4.79 Å². The molecule has 5 heteroatoms. The molecule has 0 unspecified atom stereocenters. The van der Waals surface area contributed by atoms with E-state index >= 15 is 0 Å². The van der Waals surface area contributed by atoms with Gasteiger partial charge in [0.25, 0.3) is 5.24 Å². The summed E-state index contributed by atoms with van der Waals surface area (Å²) >= 11 is 3.70. The van der Waals surface area contributed by atoms with E-state index in [1.54, 1.807) is 14.2 Å². The van der Waals surface area contributed by atoms with Crippen LogP contribution in [-0.4, -0.2) is 26.0 Å². The zero-order valence-electron chi connectivity index (χ0n) is 11.1. The molecule has 1 aromatic rings. The van der Waals surface area contributed by atoms with Crippen LogP contribution in [0.4, 0.5) is 4.79 Å². The van der Waals surface area contributed by atoms with Crippen LogP contribution in [0.15, 0.2) is 18.2 Å². The van der Waals surface area contributed by atoms with Crippen LogP contribution >= 0.6 is 12.6 Å². The van der Waals surface area contributed by atoms with Crippen molar-refractivity contribution in [2.45, 2.75) is 19.3 Å². The fourth-order valence-electron chi connectivity index (χ4n) is 1.66. The SMILES string of the molecule is COc1ccc(C(C)(C)CNC(=O)S)cc1OC. The number of carbonyl (C=O) groups is 1. The largest absolute Gasteiger partial charge is 0.493 e. The van der Waals surface area contributed by atoms with Crippen molar-refractivity contribution < 1.29 is 14.3 Å². The van der Waals surface area contributed by atoms with E-state index in [2.05, 4.69) is 17.9 Å². The minimum absolute atomic E-state index is 0.210. The molecule has 0 atom stereocenters. The van der Waals surface area contributed by atoms with Crippen molar-refractivity contribution >= 4 is 17.9 Å². The lowest BCUT2D eigenvalue weighted by Crippen LogP contribution is -2.34. The zero-order chi connectivity index (χ0) is 13.8. The van der Waals surface area contributed by atoms with Gasteiger partial charge in [-0.25, -0.2) is 0 Å². The Hall–Kier alpha value is -1.36. The number of nitrogens with one attached hydrogen (secondary N) is 1. The summed E-state index contributed by atoms with van der Waals surface area (Å²) in [5.74, 6) is 1.37. The number of benzene rings is 1. The number of hydrogen-bond acceptors (Lipinski definition) is 3. The first-order valence-electron chi connectivity index (χ1n) is 5.60. The molecule has 0 heterocycles. The van der Waals surface area contributed by atoms with Gasteiger partial charge in [0.15, 0.2) is 11.5 Å². The highest BCUT2D eigenvalue weighted by atomic mass is 32.1. The average Bonchev–Trinajstić information content (AvgIpc) is 2.35. The Morgan fingerprint density at radius 2 is 1.89 bits per heavy atom. The van der Waals surface area contributed by atoms with Gasteiger partial charge in [0, 0.05) is 12.0 Å². The summed E-state index contributed by atoms with van der Waals surface area (Å²) in [7, 11) is 3.20. The fourth-order valence-corrected chi connectivity index (χ4v) is 1.73. The first kappa shape index (κ1) is 14.7. The summed E-state index contributed by atoms with van der Waals surface area (Å²) in [6.07, 6.45) is 0. The molecule has 0 saturated carbocycles. The number of methoxy groups -OCH3 is 2. The monoisotopic (exact) mass is 269 g/mol. The molecule has 1 amide bonds. The van der Waals surface area contributed by atoms with Crippen LogP contribution in [0.3, 0.4) is 0 Å². The summed E-state index contributed by atoms with van der Waals surface area (Å²) in [4.78, 5) is 10.9. The number of amides is 1. The normalized spacial score (nSPS) is 10.9. The van der Waals surface area contributed by atoms with E-state index in [1.807, 2.05) is 32.0 Å². The number of rotatable bonds is 5. The van der Waals surface area contributed by atoms with Gasteiger partial charge in [-0.05, 0) is 17.7 Å². The van der Waals surface area contributed by atoms with Crippen molar-refractivity contribution in [3.8, 4) is 11.5 Å². The Balaban J connectivity index is 2.97. The second-order valence-electron chi connectivity index (χ2n) is 4.61. The molecule has 0 aliphatic rings. The number of ether oxygens (including phenoxy) is 2. The molecule has 0 aliphatic carbocycles. The lowest BCUT2D eigenvalue weighted by atomic mass is 9.84. The van der Waals surface area contributed by atoms with E-state index in [-0.39, 0.29) is 10.7 Å². The zero-order valence-corrected chi connectivity index (χ0v) is 12.0. The maximum atomic E-state index is 10.9. The van der Waals surface area contributed by atoms with Crippen molar-refractivity contribution in [2.24, 2.45) is 0 Å². The van der Waals surface area contributed by atoms with E-state index in [4.69, 9.17) is 9.47 Å². The van der Waals surface area contributed by atoms with E-state index in [0.29, 0.717) is 18.0 Å². The van der Waals surface area contributed by atoms with E-state index in [0.717, 1.165) is 5.56 Å². The number of thiol groups is 1. The molecule has 4 nitrogen and oxygen atoms in total. The summed E-state index contributed by atoms with van der Waals surface area (Å²) in [6.45, 7) is 4.58. The van der Waals surface area contributed by atoms with Gasteiger partial charge in [-0.1, -0.05) is 32.5 Å². The van der Waals surface area contributed by atoms with Gasteiger partial charge < -0.3 is 14.8 Å². The topological polar surface area (TPSA) is 47.6 Å². The first-order valence-corrected chi connectivity index (χ1v) is 6.04. The maximum Gasteiger partial charge on any atom is 0.276 e. The molecule has 1 aromatic carbocycles. The molecule has 1 N–H and O–H groups in total. The van der Waals surface area contributed by atoms with E-state index < -0.39 is 0 Å². The molecule has 0 aliphatic heterocycles.